The molecule has 0 radical (unpaired) electrons. The van der Waals surface area contributed by atoms with Crippen LogP contribution in [0.4, 0.5) is 5.69 Å². The topological polar surface area (TPSA) is 44.8 Å². The number of carbonyl (C=O) groups excluding carboxylic acids is 1. The maximum atomic E-state index is 12.8. The van der Waals surface area contributed by atoms with E-state index in [1.165, 1.54) is 23.2 Å². The molecule has 0 aliphatic carbocycles. The Bertz CT molecular complexity index is 867. The molecule has 0 bridgehead atoms. The number of nitrogens with one attached hydrogen (secondary N) is 1. The van der Waals surface area contributed by atoms with Crippen molar-refractivity contribution in [1.29, 1.82) is 0 Å². The first-order chi connectivity index (χ1) is 14.1. The van der Waals surface area contributed by atoms with Gasteiger partial charge in [-0.3, -0.25) is 9.69 Å². The summed E-state index contributed by atoms with van der Waals surface area (Å²) in [4.78, 5) is 17.5. The van der Waals surface area contributed by atoms with E-state index in [9.17, 15) is 4.79 Å². The number of nitrogens with zero attached hydrogens (tertiary/aromatic N) is 2. The van der Waals surface area contributed by atoms with Gasteiger partial charge in [-0.2, -0.15) is 0 Å². The average Bonchev–Trinajstić information content (AvgIpc) is 2.75. The van der Waals surface area contributed by atoms with Crippen LogP contribution in [0.25, 0.3) is 0 Å². The van der Waals surface area contributed by atoms with Crippen LogP contribution in [0.2, 0.25) is 0 Å². The largest absolute Gasteiger partial charge is 0.379 e. The van der Waals surface area contributed by atoms with Gasteiger partial charge in [0.1, 0.15) is 0 Å². The molecule has 2 aliphatic rings. The average molecular weight is 458 g/mol. The van der Waals surface area contributed by atoms with Crippen LogP contribution in [0.1, 0.15) is 33.9 Å². The molecule has 2 aromatic carbocycles. The number of aryl methyl sites for hydroxylation is 1. The quantitative estimate of drug-likeness (QED) is 0.744. The molecule has 1 unspecified atom stereocenters. The molecule has 2 aliphatic heterocycles. The molecular formula is C23H28BrN3O2. The van der Waals surface area contributed by atoms with Crippen molar-refractivity contribution in [3.8, 4) is 0 Å². The van der Waals surface area contributed by atoms with E-state index >= 15 is 0 Å². The second-order valence-corrected chi connectivity index (χ2v) is 8.62. The lowest BCUT2D eigenvalue weighted by molar-refractivity contribution is 0.0162. The monoisotopic (exact) mass is 457 g/mol. The maximum absolute atomic E-state index is 12.8. The molecule has 6 heteroatoms. The van der Waals surface area contributed by atoms with Gasteiger partial charge >= 0.3 is 0 Å². The van der Waals surface area contributed by atoms with Crippen molar-refractivity contribution < 1.29 is 9.53 Å². The van der Waals surface area contributed by atoms with Crippen LogP contribution in [0.3, 0.4) is 0 Å². The smallest absolute Gasteiger partial charge is 0.252 e. The Balaban J connectivity index is 1.55. The van der Waals surface area contributed by atoms with Crippen LogP contribution in [-0.4, -0.2) is 57.2 Å². The SMILES string of the molecule is CN1CCCc2cc(C(CNC(=O)c3ccccc3Br)N3CCOCC3)ccc21. The summed E-state index contributed by atoms with van der Waals surface area (Å²) in [5, 5.41) is 3.16. The van der Waals surface area contributed by atoms with Crippen LogP contribution >= 0.6 is 15.9 Å². The van der Waals surface area contributed by atoms with Crippen molar-refractivity contribution in [1.82, 2.24) is 10.2 Å². The first kappa shape index (κ1) is 20.4. The van der Waals surface area contributed by atoms with Gasteiger partial charge in [0.05, 0.1) is 24.8 Å². The first-order valence-electron chi connectivity index (χ1n) is 10.3. The van der Waals surface area contributed by atoms with Crippen LogP contribution in [-0.2, 0) is 11.2 Å². The third kappa shape index (κ3) is 4.65. The van der Waals surface area contributed by atoms with Crippen LogP contribution in [0.5, 0.6) is 0 Å². The van der Waals surface area contributed by atoms with Crippen molar-refractivity contribution in [2.75, 3.05) is 51.3 Å². The lowest BCUT2D eigenvalue weighted by atomic mass is 9.95. The van der Waals surface area contributed by atoms with Gasteiger partial charge < -0.3 is 15.0 Å². The Hall–Kier alpha value is -1.89. The highest BCUT2D eigenvalue weighted by Crippen LogP contribution is 2.31. The Morgan fingerprint density at radius 1 is 1.17 bits per heavy atom. The van der Waals surface area contributed by atoms with E-state index in [0.717, 1.165) is 43.7 Å². The van der Waals surface area contributed by atoms with E-state index in [1.54, 1.807) is 0 Å². The molecule has 4 rings (SSSR count). The minimum absolute atomic E-state index is 0.0478. The highest BCUT2D eigenvalue weighted by Gasteiger charge is 2.25. The molecule has 29 heavy (non-hydrogen) atoms. The van der Waals surface area contributed by atoms with Gasteiger partial charge in [-0.05, 0) is 58.1 Å². The second-order valence-electron chi connectivity index (χ2n) is 7.77. The zero-order valence-electron chi connectivity index (χ0n) is 16.9. The van der Waals surface area contributed by atoms with Crippen LogP contribution < -0.4 is 10.2 Å². The minimum Gasteiger partial charge on any atom is -0.379 e. The number of benzene rings is 2. The fourth-order valence-electron chi connectivity index (χ4n) is 4.29. The minimum atomic E-state index is -0.0478. The molecule has 154 valence electrons. The fourth-order valence-corrected chi connectivity index (χ4v) is 4.75. The third-order valence-corrected chi connectivity index (χ3v) is 6.59. The summed E-state index contributed by atoms with van der Waals surface area (Å²) in [6.45, 7) is 4.93. The number of fused-ring (bicyclic) bond motifs is 1. The van der Waals surface area contributed by atoms with Crippen molar-refractivity contribution in [2.45, 2.75) is 18.9 Å². The summed E-state index contributed by atoms with van der Waals surface area (Å²) < 4.78 is 6.38. The first-order valence-corrected chi connectivity index (χ1v) is 11.1. The molecule has 2 heterocycles. The zero-order valence-corrected chi connectivity index (χ0v) is 18.5. The standard InChI is InChI=1S/C23H28BrN3O2/c1-26-10-4-5-17-15-18(8-9-21(17)26)22(27-11-13-29-14-12-27)16-25-23(28)19-6-2-3-7-20(19)24/h2-3,6-9,15,22H,4-5,10-14,16H2,1H3,(H,25,28). The normalized spacial score (nSPS) is 18.2. The number of hydrogen-bond donors (Lipinski definition) is 1. The highest BCUT2D eigenvalue weighted by molar-refractivity contribution is 9.10. The molecule has 0 aromatic heterocycles. The highest BCUT2D eigenvalue weighted by atomic mass is 79.9. The van der Waals surface area contributed by atoms with E-state index in [2.05, 4.69) is 56.3 Å². The van der Waals surface area contributed by atoms with Gasteiger partial charge in [0.15, 0.2) is 0 Å². The van der Waals surface area contributed by atoms with Crippen molar-refractivity contribution in [2.24, 2.45) is 0 Å². The molecule has 1 saturated heterocycles. The number of amides is 1. The molecule has 0 spiro atoms. The predicted octanol–water partition coefficient (Wildman–Crippen LogP) is 3.63. The van der Waals surface area contributed by atoms with Crippen molar-refractivity contribution in [3.63, 3.8) is 0 Å². The molecule has 1 atom stereocenters. The predicted molar refractivity (Wildman–Crippen MR) is 120 cm³/mol. The van der Waals surface area contributed by atoms with Crippen molar-refractivity contribution in [3.05, 3.63) is 63.6 Å². The van der Waals surface area contributed by atoms with E-state index < -0.39 is 0 Å². The Kier molecular flexibility index (Phi) is 6.53. The number of hydrogen-bond acceptors (Lipinski definition) is 4. The molecule has 5 nitrogen and oxygen atoms in total. The third-order valence-electron chi connectivity index (χ3n) is 5.90. The number of ether oxygens (including phenoxy) is 1. The second kappa shape index (κ2) is 9.28. The van der Waals surface area contributed by atoms with Gasteiger partial charge in [-0.25, -0.2) is 0 Å². The molecule has 2 aromatic rings. The molecular weight excluding hydrogens is 430 g/mol. The number of carbonyl (C=O) groups is 1. The van der Waals surface area contributed by atoms with Gasteiger partial charge in [-0.1, -0.05) is 24.3 Å². The molecule has 1 N–H and O–H groups in total. The molecule has 1 fully saturated rings. The Labute approximate surface area is 181 Å². The Morgan fingerprint density at radius 3 is 2.76 bits per heavy atom. The summed E-state index contributed by atoms with van der Waals surface area (Å²) in [6, 6.07) is 14.5. The maximum Gasteiger partial charge on any atom is 0.252 e. The summed E-state index contributed by atoms with van der Waals surface area (Å²) in [7, 11) is 2.16. The van der Waals surface area contributed by atoms with E-state index in [4.69, 9.17) is 4.74 Å². The van der Waals surface area contributed by atoms with Gasteiger partial charge in [-0.15, -0.1) is 0 Å². The number of rotatable bonds is 5. The van der Waals surface area contributed by atoms with E-state index in [-0.39, 0.29) is 11.9 Å². The summed E-state index contributed by atoms with van der Waals surface area (Å²) in [5.74, 6) is -0.0478. The van der Waals surface area contributed by atoms with E-state index in [1.807, 2.05) is 24.3 Å². The summed E-state index contributed by atoms with van der Waals surface area (Å²) >= 11 is 3.48. The van der Waals surface area contributed by atoms with Crippen molar-refractivity contribution >= 4 is 27.5 Å². The van der Waals surface area contributed by atoms with Gasteiger partial charge in [0.2, 0.25) is 0 Å². The lowest BCUT2D eigenvalue weighted by Gasteiger charge is -2.36. The molecule has 1 amide bonds. The Morgan fingerprint density at radius 2 is 1.97 bits per heavy atom. The van der Waals surface area contributed by atoms with Crippen LogP contribution in [0.15, 0.2) is 46.9 Å². The number of halogens is 1. The molecule has 0 saturated carbocycles. The summed E-state index contributed by atoms with van der Waals surface area (Å²) in [5.41, 5.74) is 4.68. The van der Waals surface area contributed by atoms with Gasteiger partial charge in [0.25, 0.3) is 5.91 Å². The fraction of sp³-hybridized carbons (Fsp3) is 0.435. The van der Waals surface area contributed by atoms with E-state index in [0.29, 0.717) is 12.1 Å². The summed E-state index contributed by atoms with van der Waals surface area (Å²) in [6.07, 6.45) is 2.31. The van der Waals surface area contributed by atoms with Crippen LogP contribution in [0, 0.1) is 0 Å². The number of anilines is 1. The lowest BCUT2D eigenvalue weighted by Crippen LogP contribution is -2.44. The van der Waals surface area contributed by atoms with Gasteiger partial charge in [0, 0.05) is 43.4 Å². The number of morpholine rings is 1. The zero-order chi connectivity index (χ0) is 20.2.